The fourth-order valence-electron chi connectivity index (χ4n) is 3.79. The summed E-state index contributed by atoms with van der Waals surface area (Å²) in [6.45, 7) is 7.13. The molecule has 29 heavy (non-hydrogen) atoms. The molecule has 1 aromatic carbocycles. The van der Waals surface area contributed by atoms with Crippen LogP contribution in [0.3, 0.4) is 0 Å². The van der Waals surface area contributed by atoms with Crippen molar-refractivity contribution in [3.8, 4) is 0 Å². The molecule has 0 unspecified atom stereocenters. The lowest BCUT2D eigenvalue weighted by Crippen LogP contribution is -2.46. The molecule has 160 valence electrons. The largest absolute Gasteiger partial charge is 0.381 e. The molecule has 1 fully saturated rings. The molecule has 1 aliphatic heterocycles. The lowest BCUT2D eigenvalue weighted by molar-refractivity contribution is -0.131. The second-order valence-electron chi connectivity index (χ2n) is 7.33. The highest BCUT2D eigenvalue weighted by atomic mass is 35.5. The molecule has 1 saturated heterocycles. The van der Waals surface area contributed by atoms with Gasteiger partial charge in [-0.3, -0.25) is 9.59 Å². The highest BCUT2D eigenvalue weighted by Gasteiger charge is 2.38. The third-order valence-electron chi connectivity index (χ3n) is 5.77. The van der Waals surface area contributed by atoms with Gasteiger partial charge in [-0.05, 0) is 51.0 Å². The van der Waals surface area contributed by atoms with E-state index in [0.717, 1.165) is 16.6 Å². The van der Waals surface area contributed by atoms with Crippen LogP contribution in [0.4, 0.5) is 5.69 Å². The number of nitrogens with two attached hydrogens (primary N) is 1. The molecule has 3 N–H and O–H groups in total. The highest BCUT2D eigenvalue weighted by molar-refractivity contribution is 5.97. The van der Waals surface area contributed by atoms with Crippen molar-refractivity contribution < 1.29 is 14.3 Å². The summed E-state index contributed by atoms with van der Waals surface area (Å²) in [5.41, 5.74) is 7.08. The SMILES string of the molecule is CCN(CC)C(=O)Cn1ccc2cc(NC(=O)C3(CN)CCOCC3)ccc21.Cl. The number of likely N-dealkylation sites (N-methyl/N-ethyl adjacent to an activating group) is 1. The monoisotopic (exact) mass is 422 g/mol. The molecule has 0 spiro atoms. The number of halogens is 1. The molecular formula is C21H31ClN4O3. The molecule has 0 atom stereocenters. The van der Waals surface area contributed by atoms with E-state index in [2.05, 4.69) is 5.32 Å². The number of nitrogens with zero attached hydrogens (tertiary/aromatic N) is 2. The van der Waals surface area contributed by atoms with Crippen LogP contribution in [-0.2, 0) is 20.9 Å². The number of fused-ring (bicyclic) bond motifs is 1. The van der Waals surface area contributed by atoms with E-state index in [4.69, 9.17) is 10.5 Å². The zero-order valence-electron chi connectivity index (χ0n) is 17.1. The molecule has 0 aliphatic carbocycles. The van der Waals surface area contributed by atoms with Gasteiger partial charge in [-0.15, -0.1) is 12.4 Å². The standard InChI is InChI=1S/C21H30N4O3.ClH/c1-3-24(4-2)19(26)14-25-10-7-16-13-17(5-6-18(16)25)23-20(27)21(15-22)8-11-28-12-9-21;/h5-7,10,13H,3-4,8-9,11-12,14-15,22H2,1-2H3,(H,23,27);1H. The summed E-state index contributed by atoms with van der Waals surface area (Å²) < 4.78 is 7.33. The minimum atomic E-state index is -0.560. The number of anilines is 1. The van der Waals surface area contributed by atoms with Crippen LogP contribution in [0.5, 0.6) is 0 Å². The predicted octanol–water partition coefficient (Wildman–Crippen LogP) is 2.63. The van der Waals surface area contributed by atoms with Crippen LogP contribution in [-0.4, -0.2) is 54.1 Å². The van der Waals surface area contributed by atoms with Crippen molar-refractivity contribution in [3.05, 3.63) is 30.5 Å². The van der Waals surface area contributed by atoms with Crippen LogP contribution in [0.2, 0.25) is 0 Å². The number of hydrogen-bond donors (Lipinski definition) is 2. The number of amides is 2. The lowest BCUT2D eigenvalue weighted by atomic mass is 9.79. The molecule has 3 rings (SSSR count). The molecule has 7 nitrogen and oxygen atoms in total. The Labute approximate surface area is 178 Å². The van der Waals surface area contributed by atoms with Gasteiger partial charge in [-0.25, -0.2) is 0 Å². The number of carbonyl (C=O) groups excluding carboxylic acids is 2. The number of carbonyl (C=O) groups is 2. The van der Waals surface area contributed by atoms with Crippen molar-refractivity contribution >= 4 is 40.8 Å². The minimum absolute atomic E-state index is 0. The van der Waals surface area contributed by atoms with Gasteiger partial charge in [0.15, 0.2) is 0 Å². The summed E-state index contributed by atoms with van der Waals surface area (Å²) >= 11 is 0. The first-order chi connectivity index (χ1) is 13.5. The van der Waals surface area contributed by atoms with Crippen molar-refractivity contribution in [2.45, 2.75) is 33.2 Å². The number of aromatic nitrogens is 1. The Bertz CT molecular complexity index is 842. The molecule has 0 saturated carbocycles. The van der Waals surface area contributed by atoms with Gasteiger partial charge < -0.3 is 25.3 Å². The molecule has 1 aliphatic rings. The zero-order chi connectivity index (χ0) is 20.1. The van der Waals surface area contributed by atoms with Crippen LogP contribution < -0.4 is 11.1 Å². The average Bonchev–Trinajstić information content (AvgIpc) is 3.11. The summed E-state index contributed by atoms with van der Waals surface area (Å²) in [6, 6.07) is 7.73. The fraction of sp³-hybridized carbons (Fsp3) is 0.524. The van der Waals surface area contributed by atoms with E-state index in [9.17, 15) is 9.59 Å². The first-order valence-corrected chi connectivity index (χ1v) is 9.99. The van der Waals surface area contributed by atoms with Gasteiger partial charge in [0.2, 0.25) is 11.8 Å². The van der Waals surface area contributed by atoms with Gasteiger partial charge >= 0.3 is 0 Å². The van der Waals surface area contributed by atoms with E-state index in [1.54, 1.807) is 0 Å². The van der Waals surface area contributed by atoms with Gasteiger partial charge in [0.25, 0.3) is 0 Å². The Balaban J connectivity index is 0.00000300. The minimum Gasteiger partial charge on any atom is -0.381 e. The van der Waals surface area contributed by atoms with Crippen LogP contribution in [0.15, 0.2) is 30.5 Å². The molecule has 2 amide bonds. The maximum atomic E-state index is 12.8. The first kappa shape index (κ1) is 23.2. The van der Waals surface area contributed by atoms with Crippen molar-refractivity contribution in [2.24, 2.45) is 11.1 Å². The summed E-state index contributed by atoms with van der Waals surface area (Å²) in [5.74, 6) is 0.0538. The second kappa shape index (κ2) is 10.1. The third-order valence-corrected chi connectivity index (χ3v) is 5.77. The smallest absolute Gasteiger partial charge is 0.242 e. The van der Waals surface area contributed by atoms with Gasteiger partial charge in [0.05, 0.1) is 5.41 Å². The van der Waals surface area contributed by atoms with Gasteiger partial charge in [0.1, 0.15) is 6.54 Å². The van der Waals surface area contributed by atoms with Crippen molar-refractivity contribution in [3.63, 3.8) is 0 Å². The summed E-state index contributed by atoms with van der Waals surface area (Å²) in [4.78, 5) is 27.1. The Kier molecular flexibility index (Phi) is 8.07. The quantitative estimate of drug-likeness (QED) is 0.717. The summed E-state index contributed by atoms with van der Waals surface area (Å²) in [5, 5.41) is 4.01. The molecule has 2 heterocycles. The number of ether oxygens (including phenoxy) is 1. The number of hydrogen-bond acceptors (Lipinski definition) is 4. The Morgan fingerprint density at radius 3 is 2.52 bits per heavy atom. The molecule has 2 aromatic rings. The summed E-state index contributed by atoms with van der Waals surface area (Å²) in [7, 11) is 0. The second-order valence-corrected chi connectivity index (χ2v) is 7.33. The van der Waals surface area contributed by atoms with E-state index in [-0.39, 0.29) is 24.2 Å². The van der Waals surface area contributed by atoms with Crippen molar-refractivity contribution in [1.82, 2.24) is 9.47 Å². The van der Waals surface area contributed by atoms with E-state index in [1.165, 1.54) is 0 Å². The normalized spacial score (nSPS) is 15.6. The Hall–Kier alpha value is -2.09. The van der Waals surface area contributed by atoms with Crippen LogP contribution >= 0.6 is 12.4 Å². The van der Waals surface area contributed by atoms with Crippen molar-refractivity contribution in [1.29, 1.82) is 0 Å². The summed E-state index contributed by atoms with van der Waals surface area (Å²) in [6.07, 6.45) is 3.19. The van der Waals surface area contributed by atoms with E-state index in [1.807, 2.05) is 53.8 Å². The molecule has 1 aromatic heterocycles. The van der Waals surface area contributed by atoms with E-state index < -0.39 is 5.41 Å². The van der Waals surface area contributed by atoms with Crippen LogP contribution in [0, 0.1) is 5.41 Å². The fourth-order valence-corrected chi connectivity index (χ4v) is 3.79. The van der Waals surface area contributed by atoms with Gasteiger partial charge in [0, 0.05) is 55.6 Å². The predicted molar refractivity (Wildman–Crippen MR) is 117 cm³/mol. The molecular weight excluding hydrogens is 392 g/mol. The molecule has 0 radical (unpaired) electrons. The average molecular weight is 423 g/mol. The highest BCUT2D eigenvalue weighted by Crippen LogP contribution is 2.31. The first-order valence-electron chi connectivity index (χ1n) is 9.99. The maximum absolute atomic E-state index is 12.8. The topological polar surface area (TPSA) is 89.6 Å². The Morgan fingerprint density at radius 2 is 1.90 bits per heavy atom. The number of rotatable bonds is 7. The lowest BCUT2D eigenvalue weighted by Gasteiger charge is -2.34. The molecule has 8 heteroatoms. The van der Waals surface area contributed by atoms with Gasteiger partial charge in [-0.2, -0.15) is 0 Å². The molecule has 0 bridgehead atoms. The van der Waals surface area contributed by atoms with E-state index in [0.29, 0.717) is 52.2 Å². The van der Waals surface area contributed by atoms with Gasteiger partial charge in [-0.1, -0.05) is 0 Å². The van der Waals surface area contributed by atoms with E-state index >= 15 is 0 Å². The van der Waals surface area contributed by atoms with Crippen molar-refractivity contribution in [2.75, 3.05) is 38.2 Å². The Morgan fingerprint density at radius 1 is 1.21 bits per heavy atom. The number of nitrogens with one attached hydrogen (secondary N) is 1. The van der Waals surface area contributed by atoms with Crippen LogP contribution in [0.25, 0.3) is 10.9 Å². The number of benzene rings is 1. The van der Waals surface area contributed by atoms with Crippen LogP contribution in [0.1, 0.15) is 26.7 Å². The third kappa shape index (κ3) is 4.91. The maximum Gasteiger partial charge on any atom is 0.242 e. The zero-order valence-corrected chi connectivity index (χ0v) is 18.0.